The first kappa shape index (κ1) is 13.4. The molecule has 0 radical (unpaired) electrons. The molecule has 110 valence electrons. The molecule has 2 N–H and O–H groups in total. The number of rotatable bonds is 3. The van der Waals surface area contributed by atoms with Crippen LogP contribution in [0.2, 0.25) is 0 Å². The van der Waals surface area contributed by atoms with E-state index in [2.05, 4.69) is 32.6 Å². The number of halogens is 1. The quantitative estimate of drug-likeness (QED) is 0.860. The lowest BCUT2D eigenvalue weighted by molar-refractivity contribution is 0.596. The Hall–Kier alpha value is -1.29. The van der Waals surface area contributed by atoms with Gasteiger partial charge in [-0.1, -0.05) is 47.0 Å². The molecule has 4 heteroatoms. The van der Waals surface area contributed by atoms with Gasteiger partial charge in [0.05, 0.1) is 0 Å². The molecule has 2 aliphatic rings. The highest BCUT2D eigenvalue weighted by atomic mass is 79.9. The van der Waals surface area contributed by atoms with Crippen molar-refractivity contribution >= 4 is 21.7 Å². The highest BCUT2D eigenvalue weighted by Gasteiger charge is 2.33. The van der Waals surface area contributed by atoms with Crippen LogP contribution in [0.25, 0.3) is 11.3 Å². The van der Waals surface area contributed by atoms with Crippen molar-refractivity contribution in [1.29, 1.82) is 0 Å². The van der Waals surface area contributed by atoms with Crippen LogP contribution in [0.4, 0.5) is 5.82 Å². The predicted molar refractivity (Wildman–Crippen MR) is 89.3 cm³/mol. The number of aromatic nitrogens is 2. The second-order valence-corrected chi connectivity index (χ2v) is 7.12. The summed E-state index contributed by atoms with van der Waals surface area (Å²) in [6, 6.07) is 8.81. The van der Waals surface area contributed by atoms with Gasteiger partial charge < -0.3 is 10.3 Å². The first-order valence-electron chi connectivity index (χ1n) is 7.88. The lowest BCUT2D eigenvalue weighted by Gasteiger charge is -2.12. The predicted octanol–water partition coefficient (Wildman–Crippen LogP) is 4.89. The second kappa shape index (κ2) is 5.16. The topological polar surface area (TPSA) is 43.8 Å². The zero-order chi connectivity index (χ0) is 14.4. The lowest BCUT2D eigenvalue weighted by atomic mass is 10.1. The van der Waals surface area contributed by atoms with E-state index in [0.29, 0.717) is 12.0 Å². The Morgan fingerprint density at radius 2 is 1.81 bits per heavy atom. The van der Waals surface area contributed by atoms with Gasteiger partial charge in [0.25, 0.3) is 0 Å². The van der Waals surface area contributed by atoms with Crippen molar-refractivity contribution in [3.8, 4) is 11.3 Å². The van der Waals surface area contributed by atoms with Crippen molar-refractivity contribution in [2.45, 2.75) is 50.5 Å². The lowest BCUT2D eigenvalue weighted by Crippen LogP contribution is -2.08. The molecule has 2 aromatic rings. The van der Waals surface area contributed by atoms with Crippen molar-refractivity contribution < 1.29 is 0 Å². The summed E-state index contributed by atoms with van der Waals surface area (Å²) < 4.78 is 3.40. The molecule has 4 rings (SSSR count). The normalized spacial score (nSPS) is 19.3. The maximum absolute atomic E-state index is 6.49. The van der Waals surface area contributed by atoms with Gasteiger partial charge in [0.2, 0.25) is 0 Å². The molecule has 1 aromatic carbocycles. The van der Waals surface area contributed by atoms with E-state index in [1.54, 1.807) is 0 Å². The first-order valence-corrected chi connectivity index (χ1v) is 8.67. The smallest absolute Gasteiger partial charge is 0.132 e. The van der Waals surface area contributed by atoms with Crippen LogP contribution in [-0.2, 0) is 0 Å². The van der Waals surface area contributed by atoms with Crippen LogP contribution in [0.5, 0.6) is 0 Å². The highest BCUT2D eigenvalue weighted by Crippen LogP contribution is 2.46. The van der Waals surface area contributed by atoms with E-state index in [4.69, 9.17) is 10.7 Å². The first-order chi connectivity index (χ1) is 10.3. The molecule has 0 aliphatic heterocycles. The van der Waals surface area contributed by atoms with Crippen LogP contribution in [0.3, 0.4) is 0 Å². The van der Waals surface area contributed by atoms with Crippen LogP contribution in [0, 0.1) is 0 Å². The van der Waals surface area contributed by atoms with Crippen molar-refractivity contribution in [1.82, 2.24) is 9.55 Å². The largest absolute Gasteiger partial charge is 0.383 e. The van der Waals surface area contributed by atoms with E-state index < -0.39 is 0 Å². The molecule has 0 atom stereocenters. The Morgan fingerprint density at radius 3 is 2.48 bits per heavy atom. The Labute approximate surface area is 133 Å². The summed E-state index contributed by atoms with van der Waals surface area (Å²) in [6.45, 7) is 0. The Balaban J connectivity index is 1.85. The average molecular weight is 346 g/mol. The summed E-state index contributed by atoms with van der Waals surface area (Å²) in [6.07, 6.45) is 7.67. The van der Waals surface area contributed by atoms with E-state index in [1.165, 1.54) is 44.3 Å². The van der Waals surface area contributed by atoms with Crippen LogP contribution in [0.15, 0.2) is 28.7 Å². The zero-order valence-electron chi connectivity index (χ0n) is 12.1. The minimum Gasteiger partial charge on any atom is -0.383 e. The molecule has 2 saturated carbocycles. The number of benzene rings is 1. The van der Waals surface area contributed by atoms with Crippen molar-refractivity contribution in [3.05, 3.63) is 34.6 Å². The molecule has 21 heavy (non-hydrogen) atoms. The third-order valence-electron chi connectivity index (χ3n) is 4.74. The SMILES string of the molecule is Nc1c(-c2ccccc2Br)nc(C2CCCC2)n1C1CC1. The Bertz CT molecular complexity index is 667. The molecule has 2 fully saturated rings. The minimum atomic E-state index is 0.587. The maximum atomic E-state index is 6.49. The number of nitrogens with zero attached hydrogens (tertiary/aromatic N) is 2. The van der Waals surface area contributed by atoms with Gasteiger partial charge in [-0.2, -0.15) is 0 Å². The van der Waals surface area contributed by atoms with Crippen LogP contribution in [-0.4, -0.2) is 9.55 Å². The summed E-state index contributed by atoms with van der Waals surface area (Å²) in [4.78, 5) is 4.99. The van der Waals surface area contributed by atoms with Gasteiger partial charge >= 0.3 is 0 Å². The fourth-order valence-corrected chi connectivity index (χ4v) is 3.98. The monoisotopic (exact) mass is 345 g/mol. The van der Waals surface area contributed by atoms with Crippen LogP contribution in [0.1, 0.15) is 56.3 Å². The fraction of sp³-hybridized carbons (Fsp3) is 0.471. The Morgan fingerprint density at radius 1 is 1.10 bits per heavy atom. The van der Waals surface area contributed by atoms with Crippen molar-refractivity contribution in [3.63, 3.8) is 0 Å². The Kier molecular flexibility index (Phi) is 3.29. The van der Waals surface area contributed by atoms with Gasteiger partial charge in [-0.15, -0.1) is 0 Å². The van der Waals surface area contributed by atoms with E-state index in [1.807, 2.05) is 12.1 Å². The number of imidazole rings is 1. The summed E-state index contributed by atoms with van der Waals surface area (Å²) in [5.41, 5.74) is 8.55. The standard InChI is InChI=1S/C17H20BrN3/c18-14-8-4-3-7-13(14)15-16(19)21(12-9-10-12)17(20-15)11-5-1-2-6-11/h3-4,7-8,11-12H,1-2,5-6,9-10,19H2. The maximum Gasteiger partial charge on any atom is 0.132 e. The third-order valence-corrected chi connectivity index (χ3v) is 5.43. The number of hydrogen-bond acceptors (Lipinski definition) is 2. The van der Waals surface area contributed by atoms with Gasteiger partial charge in [-0.25, -0.2) is 4.98 Å². The number of nitrogens with two attached hydrogens (primary N) is 1. The second-order valence-electron chi connectivity index (χ2n) is 6.27. The average Bonchev–Trinajstić information content (AvgIpc) is 3.05. The van der Waals surface area contributed by atoms with E-state index in [0.717, 1.165) is 21.5 Å². The highest BCUT2D eigenvalue weighted by molar-refractivity contribution is 9.10. The molecule has 1 heterocycles. The van der Waals surface area contributed by atoms with E-state index in [-0.39, 0.29) is 0 Å². The van der Waals surface area contributed by atoms with Gasteiger partial charge in [-0.3, -0.25) is 0 Å². The van der Waals surface area contributed by atoms with Crippen molar-refractivity contribution in [2.75, 3.05) is 5.73 Å². The molecule has 0 spiro atoms. The van der Waals surface area contributed by atoms with Gasteiger partial charge in [-0.05, 0) is 31.7 Å². The molecule has 1 aromatic heterocycles. The fourth-order valence-electron chi connectivity index (χ4n) is 3.50. The number of nitrogen functional groups attached to an aromatic ring is 1. The molecule has 0 bridgehead atoms. The van der Waals surface area contributed by atoms with Crippen molar-refractivity contribution in [2.24, 2.45) is 0 Å². The molecule has 0 unspecified atom stereocenters. The number of hydrogen-bond donors (Lipinski definition) is 1. The molecular weight excluding hydrogens is 326 g/mol. The van der Waals surface area contributed by atoms with Crippen LogP contribution >= 0.6 is 15.9 Å². The summed E-state index contributed by atoms with van der Waals surface area (Å²) in [5, 5.41) is 0. The zero-order valence-corrected chi connectivity index (χ0v) is 13.6. The van der Waals surface area contributed by atoms with Gasteiger partial charge in [0, 0.05) is 22.0 Å². The molecule has 2 aliphatic carbocycles. The van der Waals surface area contributed by atoms with Crippen LogP contribution < -0.4 is 5.73 Å². The van der Waals surface area contributed by atoms with E-state index in [9.17, 15) is 0 Å². The van der Waals surface area contributed by atoms with Gasteiger partial charge in [0.15, 0.2) is 0 Å². The minimum absolute atomic E-state index is 0.587. The summed E-state index contributed by atoms with van der Waals surface area (Å²) in [7, 11) is 0. The van der Waals surface area contributed by atoms with Gasteiger partial charge in [0.1, 0.15) is 17.3 Å². The molecule has 0 amide bonds. The molecule has 3 nitrogen and oxygen atoms in total. The third kappa shape index (κ3) is 2.30. The molecule has 0 saturated heterocycles. The van der Waals surface area contributed by atoms with E-state index >= 15 is 0 Å². The summed E-state index contributed by atoms with van der Waals surface area (Å²) >= 11 is 3.63. The molecular formula is C17H20BrN3. The number of anilines is 1. The summed E-state index contributed by atoms with van der Waals surface area (Å²) in [5.74, 6) is 2.69.